The number of piperidine rings is 1. The monoisotopic (exact) mass is 363 g/mol. The molecule has 26 heavy (non-hydrogen) atoms. The molecule has 3 rings (SSSR count). The van der Waals surface area contributed by atoms with E-state index in [1.54, 1.807) is 23.8 Å². The highest BCUT2D eigenvalue weighted by molar-refractivity contribution is 5.76. The fourth-order valence-corrected chi connectivity index (χ4v) is 4.22. The van der Waals surface area contributed by atoms with Crippen LogP contribution in [0.2, 0.25) is 0 Å². The first kappa shape index (κ1) is 18.6. The summed E-state index contributed by atoms with van der Waals surface area (Å²) in [6.07, 6.45) is 1.18. The van der Waals surface area contributed by atoms with Crippen LogP contribution in [0.25, 0.3) is 0 Å². The number of carbonyl (C=O) groups excluding carboxylic acids is 1. The fourth-order valence-electron chi connectivity index (χ4n) is 4.22. The van der Waals surface area contributed by atoms with Gasteiger partial charge >= 0.3 is 5.97 Å². The maximum Gasteiger partial charge on any atom is 0.317 e. The Morgan fingerprint density at radius 1 is 1.35 bits per heavy atom. The molecule has 2 aliphatic rings. The van der Waals surface area contributed by atoms with E-state index in [0.29, 0.717) is 26.2 Å². The van der Waals surface area contributed by atoms with Crippen LogP contribution in [0.4, 0.5) is 0 Å². The minimum Gasteiger partial charge on any atom is -0.480 e. The third-order valence-corrected chi connectivity index (χ3v) is 5.27. The molecule has 8 nitrogen and oxygen atoms in total. The summed E-state index contributed by atoms with van der Waals surface area (Å²) in [4.78, 5) is 37.5. The van der Waals surface area contributed by atoms with Gasteiger partial charge in [0.25, 0.3) is 5.56 Å². The van der Waals surface area contributed by atoms with E-state index >= 15 is 0 Å². The summed E-state index contributed by atoms with van der Waals surface area (Å²) in [6.45, 7) is 1.96. The summed E-state index contributed by atoms with van der Waals surface area (Å²) in [5, 5.41) is 12.0. The molecule has 0 aliphatic carbocycles. The second kappa shape index (κ2) is 8.01. The third kappa shape index (κ3) is 3.96. The molecule has 2 N–H and O–H groups in total. The molecule has 0 saturated carbocycles. The van der Waals surface area contributed by atoms with Crippen LogP contribution in [-0.2, 0) is 14.3 Å². The van der Waals surface area contributed by atoms with Gasteiger partial charge in [0.15, 0.2) is 0 Å². The van der Waals surface area contributed by atoms with E-state index in [1.807, 2.05) is 11.0 Å². The standard InChI is InChI=1S/C18H25N3O5/c1-26-6-5-16(22)19-8-15-13-7-12(9-20(10-13)11-18(24)25)14-3-2-4-17(23)21(14)15/h2-4,12-13,15H,5-11H2,1H3,(H,19,22)(H,24,25)/t12-,13+,15+/m1/s1. The summed E-state index contributed by atoms with van der Waals surface area (Å²) in [7, 11) is 1.55. The van der Waals surface area contributed by atoms with Gasteiger partial charge in [-0.25, -0.2) is 0 Å². The maximum atomic E-state index is 12.5. The highest BCUT2D eigenvalue weighted by Gasteiger charge is 2.40. The first-order valence-electron chi connectivity index (χ1n) is 8.90. The number of ether oxygens (including phenoxy) is 1. The van der Waals surface area contributed by atoms with Crippen molar-refractivity contribution in [2.24, 2.45) is 5.92 Å². The minimum atomic E-state index is -0.847. The van der Waals surface area contributed by atoms with Gasteiger partial charge in [-0.2, -0.15) is 0 Å². The van der Waals surface area contributed by atoms with E-state index in [0.717, 1.165) is 12.1 Å². The van der Waals surface area contributed by atoms with E-state index in [-0.39, 0.29) is 42.3 Å². The Labute approximate surface area is 151 Å². The Hall–Kier alpha value is -2.19. The molecule has 142 valence electrons. The van der Waals surface area contributed by atoms with Crippen LogP contribution in [0.1, 0.15) is 30.5 Å². The van der Waals surface area contributed by atoms with Crippen LogP contribution in [0.5, 0.6) is 0 Å². The number of amides is 1. The lowest BCUT2D eigenvalue weighted by Crippen LogP contribution is -2.52. The number of methoxy groups -OCH3 is 1. The molecular formula is C18H25N3O5. The van der Waals surface area contributed by atoms with Crippen LogP contribution in [0.3, 0.4) is 0 Å². The van der Waals surface area contributed by atoms with Gasteiger partial charge < -0.3 is 19.7 Å². The van der Waals surface area contributed by atoms with Crippen molar-refractivity contribution >= 4 is 11.9 Å². The zero-order valence-corrected chi connectivity index (χ0v) is 14.9. The number of carboxylic acid groups (broad SMARTS) is 1. The molecule has 0 spiro atoms. The molecule has 0 unspecified atom stereocenters. The molecule has 0 radical (unpaired) electrons. The van der Waals surface area contributed by atoms with Crippen LogP contribution in [-0.4, -0.2) is 66.3 Å². The number of nitrogens with one attached hydrogen (secondary N) is 1. The molecule has 2 aliphatic heterocycles. The van der Waals surface area contributed by atoms with Crippen molar-refractivity contribution in [1.29, 1.82) is 0 Å². The van der Waals surface area contributed by atoms with Gasteiger partial charge in [-0.1, -0.05) is 6.07 Å². The number of hydrogen-bond donors (Lipinski definition) is 2. The number of carbonyl (C=O) groups is 2. The number of nitrogens with zero attached hydrogens (tertiary/aromatic N) is 2. The topological polar surface area (TPSA) is 101 Å². The van der Waals surface area contributed by atoms with Gasteiger partial charge in [0.05, 0.1) is 19.2 Å². The number of rotatable bonds is 7. The molecule has 1 aromatic heterocycles. The maximum absolute atomic E-state index is 12.5. The predicted octanol–water partition coefficient (Wildman–Crippen LogP) is 0.0458. The fraction of sp³-hybridized carbons (Fsp3) is 0.611. The van der Waals surface area contributed by atoms with Crippen molar-refractivity contribution < 1.29 is 19.4 Å². The first-order chi connectivity index (χ1) is 12.5. The van der Waals surface area contributed by atoms with Gasteiger partial charge in [0, 0.05) is 50.8 Å². The number of carboxylic acids is 1. The van der Waals surface area contributed by atoms with E-state index in [2.05, 4.69) is 5.32 Å². The highest BCUT2D eigenvalue weighted by Crippen LogP contribution is 2.40. The first-order valence-corrected chi connectivity index (χ1v) is 8.90. The van der Waals surface area contributed by atoms with E-state index in [1.165, 1.54) is 0 Å². The quantitative estimate of drug-likeness (QED) is 0.710. The van der Waals surface area contributed by atoms with Crippen LogP contribution in [0.15, 0.2) is 23.0 Å². The molecule has 3 atom stereocenters. The minimum absolute atomic E-state index is 0.00299. The average Bonchev–Trinajstić information content (AvgIpc) is 2.59. The molecule has 0 aromatic carbocycles. The Bertz CT molecular complexity index is 732. The van der Waals surface area contributed by atoms with Crippen LogP contribution in [0, 0.1) is 5.92 Å². The SMILES string of the molecule is COCCC(=O)NC[C@H]1[C@H]2C[C@H](CN(CC(=O)O)C2)c2cccc(=O)n21. The van der Waals surface area contributed by atoms with Gasteiger partial charge in [0.1, 0.15) is 0 Å². The number of pyridine rings is 1. The Balaban J connectivity index is 1.82. The van der Waals surface area contributed by atoms with E-state index in [9.17, 15) is 14.4 Å². The largest absolute Gasteiger partial charge is 0.480 e. The van der Waals surface area contributed by atoms with Crippen LogP contribution >= 0.6 is 0 Å². The Morgan fingerprint density at radius 2 is 2.15 bits per heavy atom. The third-order valence-electron chi connectivity index (χ3n) is 5.27. The number of aliphatic carboxylic acids is 1. The zero-order valence-electron chi connectivity index (χ0n) is 14.9. The van der Waals surface area contributed by atoms with Gasteiger partial charge in [-0.3, -0.25) is 19.3 Å². The summed E-state index contributed by atoms with van der Waals surface area (Å²) < 4.78 is 6.72. The van der Waals surface area contributed by atoms with Crippen molar-refractivity contribution in [1.82, 2.24) is 14.8 Å². The smallest absolute Gasteiger partial charge is 0.317 e. The summed E-state index contributed by atoms with van der Waals surface area (Å²) in [5.74, 6) is -0.691. The molecule has 1 amide bonds. The normalized spacial score (nSPS) is 24.7. The van der Waals surface area contributed by atoms with Crippen molar-refractivity contribution in [2.45, 2.75) is 24.8 Å². The van der Waals surface area contributed by atoms with E-state index in [4.69, 9.17) is 9.84 Å². The number of fused-ring (bicyclic) bond motifs is 4. The molecule has 1 aromatic rings. The van der Waals surface area contributed by atoms with E-state index < -0.39 is 5.97 Å². The van der Waals surface area contributed by atoms with Crippen molar-refractivity contribution in [3.63, 3.8) is 0 Å². The zero-order chi connectivity index (χ0) is 18.7. The number of likely N-dealkylation sites (tertiary alicyclic amines) is 1. The summed E-state index contributed by atoms with van der Waals surface area (Å²) in [5.41, 5.74) is 0.861. The second-order valence-corrected chi connectivity index (χ2v) is 7.05. The molecule has 2 bridgehead atoms. The summed E-state index contributed by atoms with van der Waals surface area (Å²) >= 11 is 0. The van der Waals surface area contributed by atoms with Gasteiger partial charge in [-0.05, 0) is 18.4 Å². The predicted molar refractivity (Wildman–Crippen MR) is 94.2 cm³/mol. The molecule has 1 fully saturated rings. The molecule has 3 heterocycles. The molecular weight excluding hydrogens is 338 g/mol. The molecule has 8 heteroatoms. The number of hydrogen-bond acceptors (Lipinski definition) is 5. The van der Waals surface area contributed by atoms with Gasteiger partial charge in [-0.15, -0.1) is 0 Å². The van der Waals surface area contributed by atoms with Gasteiger partial charge in [0.2, 0.25) is 5.91 Å². The lowest BCUT2D eigenvalue weighted by atomic mass is 9.78. The summed E-state index contributed by atoms with van der Waals surface area (Å²) in [6, 6.07) is 5.06. The highest BCUT2D eigenvalue weighted by atomic mass is 16.5. The van der Waals surface area contributed by atoms with Crippen molar-refractivity contribution in [3.05, 3.63) is 34.2 Å². The van der Waals surface area contributed by atoms with Crippen molar-refractivity contribution in [2.75, 3.05) is 39.9 Å². The second-order valence-electron chi connectivity index (χ2n) is 7.05. The number of aromatic nitrogens is 1. The van der Waals surface area contributed by atoms with Crippen molar-refractivity contribution in [3.8, 4) is 0 Å². The van der Waals surface area contributed by atoms with Crippen LogP contribution < -0.4 is 10.9 Å². The molecule has 1 saturated heterocycles. The Kier molecular flexibility index (Phi) is 5.73. The lowest BCUT2D eigenvalue weighted by molar-refractivity contribution is -0.139. The average molecular weight is 363 g/mol. The lowest BCUT2D eigenvalue weighted by Gasteiger charge is -2.46. The Morgan fingerprint density at radius 3 is 2.88 bits per heavy atom.